The normalized spacial score (nSPS) is 20.1. The third kappa shape index (κ3) is 4.69. The number of carbonyl (C=O) groups excluding carboxylic acids is 2. The largest absolute Gasteiger partial charge is 0.330 e. The van der Waals surface area contributed by atoms with Crippen LogP contribution in [0.2, 0.25) is 0 Å². The smallest absolute Gasteiger partial charge is 0.227 e. The van der Waals surface area contributed by atoms with Crippen LogP contribution in [-0.4, -0.2) is 18.4 Å². The summed E-state index contributed by atoms with van der Waals surface area (Å²) < 4.78 is 0.841. The van der Waals surface area contributed by atoms with Gasteiger partial charge in [-0.2, -0.15) is 0 Å². The summed E-state index contributed by atoms with van der Waals surface area (Å²) in [6, 6.07) is 5.37. The molecule has 1 aromatic rings. The number of hydrogen-bond acceptors (Lipinski definition) is 3. The van der Waals surface area contributed by atoms with Crippen LogP contribution in [0.4, 0.5) is 11.4 Å². The summed E-state index contributed by atoms with van der Waals surface area (Å²) in [5.41, 5.74) is 6.93. The Morgan fingerprint density at radius 1 is 1.27 bits per heavy atom. The fourth-order valence-corrected chi connectivity index (χ4v) is 3.17. The zero-order chi connectivity index (χ0) is 15.4. The number of amides is 2. The maximum atomic E-state index is 12.4. The minimum atomic E-state index is -0.173. The molecule has 4 N–H and O–H groups in total. The number of nitrogens with one attached hydrogen (secondary N) is 2. The van der Waals surface area contributed by atoms with Crippen LogP contribution in [-0.2, 0) is 9.59 Å². The number of benzene rings is 1. The summed E-state index contributed by atoms with van der Waals surface area (Å²) in [4.78, 5) is 23.7. The average molecular weight is 391 g/mol. The van der Waals surface area contributed by atoms with Crippen molar-refractivity contribution in [3.63, 3.8) is 0 Å². The molecule has 7 heteroatoms. The second kappa shape index (κ2) is 8.50. The molecule has 0 unspecified atom stereocenters. The van der Waals surface area contributed by atoms with Crippen LogP contribution >= 0.6 is 28.3 Å². The Balaban J connectivity index is 0.00000242. The van der Waals surface area contributed by atoms with Crippen LogP contribution in [0.3, 0.4) is 0 Å². The first kappa shape index (κ1) is 18.9. The zero-order valence-electron chi connectivity index (χ0n) is 12.4. The first-order valence-corrected chi connectivity index (χ1v) is 7.88. The molecule has 2 rings (SSSR count). The van der Waals surface area contributed by atoms with E-state index in [0.717, 1.165) is 23.7 Å². The van der Waals surface area contributed by atoms with Crippen LogP contribution < -0.4 is 16.4 Å². The zero-order valence-corrected chi connectivity index (χ0v) is 14.8. The van der Waals surface area contributed by atoms with Gasteiger partial charge in [0.2, 0.25) is 11.8 Å². The summed E-state index contributed by atoms with van der Waals surface area (Å²) >= 11 is 3.38. The van der Waals surface area contributed by atoms with Gasteiger partial charge >= 0.3 is 0 Å². The Kier molecular flexibility index (Phi) is 7.32. The average Bonchev–Trinajstić information content (AvgIpc) is 2.90. The molecule has 1 fully saturated rings. The molecule has 1 saturated carbocycles. The summed E-state index contributed by atoms with van der Waals surface area (Å²) in [5.74, 6) is 0.0155. The van der Waals surface area contributed by atoms with Crippen LogP contribution in [0.5, 0.6) is 0 Å². The molecule has 0 aliphatic heterocycles. The van der Waals surface area contributed by atoms with Crippen molar-refractivity contribution in [2.75, 3.05) is 17.2 Å². The monoisotopic (exact) mass is 389 g/mol. The van der Waals surface area contributed by atoms with Gasteiger partial charge in [0, 0.05) is 17.3 Å². The van der Waals surface area contributed by atoms with Crippen LogP contribution in [0.15, 0.2) is 22.7 Å². The molecular weight excluding hydrogens is 370 g/mol. The van der Waals surface area contributed by atoms with Gasteiger partial charge in [-0.3, -0.25) is 9.59 Å². The predicted molar refractivity (Wildman–Crippen MR) is 94.2 cm³/mol. The Morgan fingerprint density at radius 3 is 2.64 bits per heavy atom. The van der Waals surface area contributed by atoms with Crippen molar-refractivity contribution >= 4 is 51.5 Å². The fraction of sp³-hybridized carbons (Fsp3) is 0.467. The Labute approximate surface area is 144 Å². The quantitative estimate of drug-likeness (QED) is 0.738. The molecule has 1 aromatic carbocycles. The highest BCUT2D eigenvalue weighted by Crippen LogP contribution is 2.33. The van der Waals surface area contributed by atoms with Gasteiger partial charge in [-0.1, -0.05) is 22.4 Å². The van der Waals surface area contributed by atoms with Crippen molar-refractivity contribution < 1.29 is 9.59 Å². The molecule has 0 radical (unpaired) electrons. The lowest BCUT2D eigenvalue weighted by molar-refractivity contribution is -0.120. The van der Waals surface area contributed by atoms with Gasteiger partial charge in [0.1, 0.15) is 0 Å². The molecule has 22 heavy (non-hydrogen) atoms. The Morgan fingerprint density at radius 2 is 2.00 bits per heavy atom. The summed E-state index contributed by atoms with van der Waals surface area (Å²) in [6.07, 6.45) is 2.92. The molecule has 5 nitrogen and oxygen atoms in total. The lowest BCUT2D eigenvalue weighted by atomic mass is 9.95. The molecule has 122 valence electrons. The van der Waals surface area contributed by atoms with E-state index in [2.05, 4.69) is 26.6 Å². The van der Waals surface area contributed by atoms with E-state index < -0.39 is 0 Å². The van der Waals surface area contributed by atoms with Crippen molar-refractivity contribution in [2.45, 2.75) is 26.2 Å². The highest BCUT2D eigenvalue weighted by molar-refractivity contribution is 9.10. The van der Waals surface area contributed by atoms with E-state index in [1.807, 2.05) is 6.07 Å². The number of halogens is 2. The second-order valence-corrected chi connectivity index (χ2v) is 6.31. The number of anilines is 2. The minimum absolute atomic E-state index is 0. The molecule has 0 spiro atoms. The van der Waals surface area contributed by atoms with Crippen molar-refractivity contribution in [2.24, 2.45) is 17.6 Å². The summed E-state index contributed by atoms with van der Waals surface area (Å²) in [5, 5.41) is 5.65. The van der Waals surface area contributed by atoms with Crippen LogP contribution in [0.25, 0.3) is 0 Å². The van der Waals surface area contributed by atoms with E-state index in [0.29, 0.717) is 17.9 Å². The molecule has 0 bridgehead atoms. The van der Waals surface area contributed by atoms with Crippen molar-refractivity contribution in [3.05, 3.63) is 22.7 Å². The van der Waals surface area contributed by atoms with E-state index in [1.54, 1.807) is 12.1 Å². The van der Waals surface area contributed by atoms with E-state index in [1.165, 1.54) is 6.92 Å². The van der Waals surface area contributed by atoms with E-state index in [9.17, 15) is 9.59 Å². The molecule has 1 aliphatic carbocycles. The number of hydrogen-bond donors (Lipinski definition) is 3. The molecule has 2 amide bonds. The standard InChI is InChI=1S/C15H20BrN3O2.ClH/c1-9(20)18-13-6-5-11(16)7-14(13)19-15(21)12-4-2-3-10(12)8-17;/h5-7,10,12H,2-4,8,17H2,1H3,(H,18,20)(H,19,21);1H/t10-,12-;/m1./s1. The van der Waals surface area contributed by atoms with Crippen LogP contribution in [0, 0.1) is 11.8 Å². The number of nitrogens with two attached hydrogens (primary N) is 1. The van der Waals surface area contributed by atoms with Crippen molar-refractivity contribution in [1.82, 2.24) is 0 Å². The maximum Gasteiger partial charge on any atom is 0.227 e. The van der Waals surface area contributed by atoms with E-state index in [-0.39, 0.29) is 36.1 Å². The first-order chi connectivity index (χ1) is 10.0. The third-order valence-corrected chi connectivity index (χ3v) is 4.34. The molecule has 0 aromatic heterocycles. The van der Waals surface area contributed by atoms with E-state index >= 15 is 0 Å². The van der Waals surface area contributed by atoms with Gasteiger partial charge in [-0.15, -0.1) is 12.4 Å². The summed E-state index contributed by atoms with van der Waals surface area (Å²) in [7, 11) is 0. The van der Waals surface area contributed by atoms with Gasteiger partial charge in [0.25, 0.3) is 0 Å². The molecule has 1 aliphatic rings. The maximum absolute atomic E-state index is 12.4. The van der Waals surface area contributed by atoms with Gasteiger partial charge in [0.15, 0.2) is 0 Å². The lowest BCUT2D eigenvalue weighted by Gasteiger charge is -2.19. The SMILES string of the molecule is CC(=O)Nc1ccc(Br)cc1NC(=O)[C@@H]1CCC[C@@H]1CN.Cl. The first-order valence-electron chi connectivity index (χ1n) is 7.09. The molecular formula is C15H21BrClN3O2. The fourth-order valence-electron chi connectivity index (χ4n) is 2.81. The van der Waals surface area contributed by atoms with Crippen molar-refractivity contribution in [1.29, 1.82) is 0 Å². The highest BCUT2D eigenvalue weighted by Gasteiger charge is 2.32. The Bertz CT molecular complexity index is 554. The van der Waals surface area contributed by atoms with Crippen LogP contribution in [0.1, 0.15) is 26.2 Å². The minimum Gasteiger partial charge on any atom is -0.330 e. The van der Waals surface area contributed by atoms with Crippen molar-refractivity contribution in [3.8, 4) is 0 Å². The second-order valence-electron chi connectivity index (χ2n) is 5.39. The van der Waals surface area contributed by atoms with E-state index in [4.69, 9.17) is 5.73 Å². The van der Waals surface area contributed by atoms with Gasteiger partial charge in [-0.25, -0.2) is 0 Å². The van der Waals surface area contributed by atoms with Gasteiger partial charge < -0.3 is 16.4 Å². The van der Waals surface area contributed by atoms with Gasteiger partial charge in [0.05, 0.1) is 11.4 Å². The van der Waals surface area contributed by atoms with Gasteiger partial charge in [-0.05, 0) is 43.5 Å². The summed E-state index contributed by atoms with van der Waals surface area (Å²) in [6.45, 7) is 1.98. The number of carbonyl (C=O) groups is 2. The topological polar surface area (TPSA) is 84.2 Å². The molecule has 0 saturated heterocycles. The molecule has 0 heterocycles. The molecule has 2 atom stereocenters. The predicted octanol–water partition coefficient (Wildman–Crippen LogP) is 3.14. The Hall–Kier alpha value is -1.11. The number of rotatable bonds is 4. The third-order valence-electron chi connectivity index (χ3n) is 3.85. The highest BCUT2D eigenvalue weighted by atomic mass is 79.9. The lowest BCUT2D eigenvalue weighted by Crippen LogP contribution is -2.30.